The summed E-state index contributed by atoms with van der Waals surface area (Å²) >= 11 is 6.25. The fourth-order valence-corrected chi connectivity index (χ4v) is 2.42. The van der Waals surface area contributed by atoms with Crippen molar-refractivity contribution in [3.8, 4) is 11.5 Å². The average Bonchev–Trinajstić information content (AvgIpc) is 2.59. The van der Waals surface area contributed by atoms with Gasteiger partial charge in [0.1, 0.15) is 0 Å². The second kappa shape index (κ2) is 9.08. The summed E-state index contributed by atoms with van der Waals surface area (Å²) in [6.45, 7) is 6.70. The van der Waals surface area contributed by atoms with Crippen molar-refractivity contribution in [1.29, 1.82) is 0 Å². The normalized spacial score (nSPS) is 10.7. The lowest BCUT2D eigenvalue weighted by molar-refractivity contribution is 0.0955. The van der Waals surface area contributed by atoms with Gasteiger partial charge in [-0.25, -0.2) is 5.43 Å². The second-order valence-corrected chi connectivity index (χ2v) is 5.67. The molecule has 132 valence electrons. The predicted octanol–water partition coefficient (Wildman–Crippen LogP) is 4.21. The molecule has 2 aromatic carbocycles. The lowest BCUT2D eigenvalue weighted by Crippen LogP contribution is -2.17. The van der Waals surface area contributed by atoms with Gasteiger partial charge in [0.2, 0.25) is 0 Å². The molecule has 25 heavy (non-hydrogen) atoms. The van der Waals surface area contributed by atoms with Crippen LogP contribution in [0.5, 0.6) is 11.5 Å². The predicted molar refractivity (Wildman–Crippen MR) is 100 cm³/mol. The number of halogens is 1. The van der Waals surface area contributed by atoms with Crippen LogP contribution in [-0.4, -0.2) is 25.3 Å². The number of benzene rings is 2. The highest BCUT2D eigenvalue weighted by molar-refractivity contribution is 6.32. The third kappa shape index (κ3) is 5.22. The summed E-state index contributed by atoms with van der Waals surface area (Å²) in [6.07, 6.45) is 1.51. The maximum absolute atomic E-state index is 12.0. The van der Waals surface area contributed by atoms with E-state index in [9.17, 15) is 4.79 Å². The molecule has 0 aliphatic carbocycles. The fourth-order valence-electron chi connectivity index (χ4n) is 2.14. The number of ether oxygens (including phenoxy) is 2. The van der Waals surface area contributed by atoms with Crippen LogP contribution in [0.3, 0.4) is 0 Å². The quantitative estimate of drug-likeness (QED) is 0.594. The minimum absolute atomic E-state index is 0.279. The first-order chi connectivity index (χ1) is 12.0. The number of hydrogen-bond acceptors (Lipinski definition) is 4. The number of hydrogen-bond donors (Lipinski definition) is 1. The Morgan fingerprint density at radius 3 is 2.48 bits per heavy atom. The Morgan fingerprint density at radius 2 is 1.84 bits per heavy atom. The van der Waals surface area contributed by atoms with Gasteiger partial charge in [-0.15, -0.1) is 0 Å². The molecule has 0 aromatic heterocycles. The fraction of sp³-hybridized carbons (Fsp3) is 0.263. The first-order valence-electron chi connectivity index (χ1n) is 8.04. The number of aryl methyl sites for hydroxylation is 1. The van der Waals surface area contributed by atoms with E-state index in [4.69, 9.17) is 21.1 Å². The molecule has 0 saturated carbocycles. The van der Waals surface area contributed by atoms with Gasteiger partial charge in [0.15, 0.2) is 11.5 Å². The zero-order valence-electron chi connectivity index (χ0n) is 14.5. The Bertz CT molecular complexity index is 758. The van der Waals surface area contributed by atoms with Crippen molar-refractivity contribution >= 4 is 23.7 Å². The minimum atomic E-state index is -0.279. The minimum Gasteiger partial charge on any atom is -0.490 e. The Morgan fingerprint density at radius 1 is 1.16 bits per heavy atom. The van der Waals surface area contributed by atoms with Crippen LogP contribution < -0.4 is 14.9 Å². The van der Waals surface area contributed by atoms with Crippen molar-refractivity contribution in [1.82, 2.24) is 5.43 Å². The Labute approximate surface area is 152 Å². The largest absolute Gasteiger partial charge is 0.490 e. The summed E-state index contributed by atoms with van der Waals surface area (Å²) in [5.74, 6) is 0.772. The molecule has 0 saturated heterocycles. The number of nitrogens with one attached hydrogen (secondary N) is 1. The van der Waals surface area contributed by atoms with Crippen LogP contribution in [0.2, 0.25) is 5.02 Å². The molecule has 0 fully saturated rings. The monoisotopic (exact) mass is 360 g/mol. The molecule has 5 nitrogen and oxygen atoms in total. The number of amides is 1. The van der Waals surface area contributed by atoms with Crippen molar-refractivity contribution in [2.75, 3.05) is 13.2 Å². The van der Waals surface area contributed by atoms with Crippen molar-refractivity contribution in [3.63, 3.8) is 0 Å². The third-order valence-corrected chi connectivity index (χ3v) is 3.59. The van der Waals surface area contributed by atoms with Crippen LogP contribution in [0.4, 0.5) is 0 Å². The van der Waals surface area contributed by atoms with Crippen LogP contribution in [0.1, 0.15) is 35.3 Å². The van der Waals surface area contributed by atoms with Crippen molar-refractivity contribution in [2.24, 2.45) is 5.10 Å². The van der Waals surface area contributed by atoms with Gasteiger partial charge in [-0.1, -0.05) is 29.3 Å². The topological polar surface area (TPSA) is 59.9 Å². The molecule has 0 aliphatic rings. The highest BCUT2D eigenvalue weighted by Crippen LogP contribution is 2.36. The second-order valence-electron chi connectivity index (χ2n) is 5.26. The van der Waals surface area contributed by atoms with Crippen LogP contribution in [0.15, 0.2) is 41.5 Å². The van der Waals surface area contributed by atoms with Crippen molar-refractivity contribution in [3.05, 3.63) is 58.1 Å². The van der Waals surface area contributed by atoms with Crippen molar-refractivity contribution in [2.45, 2.75) is 20.8 Å². The molecular formula is C19H21ClN2O3. The highest BCUT2D eigenvalue weighted by atomic mass is 35.5. The summed E-state index contributed by atoms with van der Waals surface area (Å²) in [5.41, 5.74) is 4.82. The van der Waals surface area contributed by atoms with Gasteiger partial charge >= 0.3 is 0 Å². The van der Waals surface area contributed by atoms with Crippen molar-refractivity contribution < 1.29 is 14.3 Å². The van der Waals surface area contributed by atoms with Crippen LogP contribution in [0.25, 0.3) is 0 Å². The van der Waals surface area contributed by atoms with E-state index in [2.05, 4.69) is 10.5 Å². The molecule has 0 radical (unpaired) electrons. The Hall–Kier alpha value is -2.53. The molecule has 0 heterocycles. The first-order valence-corrected chi connectivity index (χ1v) is 8.42. The van der Waals surface area contributed by atoms with Gasteiger partial charge in [0.25, 0.3) is 5.91 Å². The smallest absolute Gasteiger partial charge is 0.271 e. The van der Waals surface area contributed by atoms with Crippen LogP contribution in [-0.2, 0) is 0 Å². The molecular weight excluding hydrogens is 340 g/mol. The Balaban J connectivity index is 2.12. The van der Waals surface area contributed by atoms with Gasteiger partial charge < -0.3 is 9.47 Å². The molecule has 0 bridgehead atoms. The maximum atomic E-state index is 12.0. The van der Waals surface area contributed by atoms with Crippen LogP contribution in [0, 0.1) is 6.92 Å². The number of hydrazone groups is 1. The summed E-state index contributed by atoms with van der Waals surface area (Å²) in [4.78, 5) is 12.0. The number of rotatable bonds is 7. The molecule has 0 aliphatic heterocycles. The molecule has 2 aromatic rings. The van der Waals surface area contributed by atoms with E-state index < -0.39 is 0 Å². The number of carbonyl (C=O) groups is 1. The molecule has 6 heteroatoms. The van der Waals surface area contributed by atoms with E-state index in [0.29, 0.717) is 40.9 Å². The molecule has 1 amide bonds. The third-order valence-electron chi connectivity index (χ3n) is 3.31. The highest BCUT2D eigenvalue weighted by Gasteiger charge is 2.11. The lowest BCUT2D eigenvalue weighted by Gasteiger charge is -2.13. The van der Waals surface area contributed by atoms with Gasteiger partial charge in [-0.05, 0) is 50.6 Å². The van der Waals surface area contributed by atoms with E-state index in [1.54, 1.807) is 24.3 Å². The zero-order valence-corrected chi connectivity index (χ0v) is 15.3. The van der Waals surface area contributed by atoms with Crippen LogP contribution >= 0.6 is 11.6 Å². The summed E-state index contributed by atoms with van der Waals surface area (Å²) in [6, 6.07) is 10.7. The standard InChI is InChI=1S/C19H21ClN2O3/c1-4-24-17-11-14(10-16(20)18(17)25-5-2)12-21-22-19(23)15-8-6-13(3)7-9-15/h6-12H,4-5H2,1-3H3,(H,22,23)/b21-12-. The first kappa shape index (κ1) is 18.8. The number of nitrogens with zero attached hydrogens (tertiary/aromatic N) is 1. The summed E-state index contributed by atoms with van der Waals surface area (Å²) in [7, 11) is 0. The zero-order chi connectivity index (χ0) is 18.2. The lowest BCUT2D eigenvalue weighted by atomic mass is 10.1. The molecule has 0 unspecified atom stereocenters. The summed E-state index contributed by atoms with van der Waals surface area (Å²) in [5, 5.41) is 4.41. The van der Waals surface area contributed by atoms with Gasteiger partial charge in [-0.2, -0.15) is 5.10 Å². The molecule has 1 N–H and O–H groups in total. The molecule has 0 spiro atoms. The maximum Gasteiger partial charge on any atom is 0.271 e. The molecule has 0 atom stereocenters. The number of carbonyl (C=O) groups excluding carboxylic acids is 1. The van der Waals surface area contributed by atoms with E-state index in [1.807, 2.05) is 32.9 Å². The SMILES string of the molecule is CCOc1cc(/C=N\NC(=O)c2ccc(C)cc2)cc(Cl)c1OCC. The average molecular weight is 361 g/mol. The van der Waals surface area contributed by atoms with E-state index in [0.717, 1.165) is 5.56 Å². The van der Waals surface area contributed by atoms with Gasteiger partial charge in [0, 0.05) is 5.56 Å². The molecule has 2 rings (SSSR count). The Kier molecular flexibility index (Phi) is 6.83. The van der Waals surface area contributed by atoms with E-state index in [1.165, 1.54) is 6.21 Å². The summed E-state index contributed by atoms with van der Waals surface area (Å²) < 4.78 is 11.1. The van der Waals surface area contributed by atoms with E-state index >= 15 is 0 Å². The van der Waals surface area contributed by atoms with E-state index in [-0.39, 0.29) is 5.91 Å². The van der Waals surface area contributed by atoms with Gasteiger partial charge in [0.05, 0.1) is 24.5 Å². The van der Waals surface area contributed by atoms with Gasteiger partial charge in [-0.3, -0.25) is 4.79 Å².